The highest BCUT2D eigenvalue weighted by atomic mass is 16.5. The summed E-state index contributed by atoms with van der Waals surface area (Å²) in [6, 6.07) is 11.7. The molecule has 5 rings (SSSR count). The van der Waals surface area contributed by atoms with Gasteiger partial charge in [-0.15, -0.1) is 6.42 Å². The molecule has 35 heavy (non-hydrogen) atoms. The molecule has 2 saturated carbocycles. The predicted octanol–water partition coefficient (Wildman–Crippen LogP) is 3.28. The number of aromatic nitrogens is 2. The highest BCUT2D eigenvalue weighted by molar-refractivity contribution is 5.97. The van der Waals surface area contributed by atoms with E-state index < -0.39 is 5.91 Å². The van der Waals surface area contributed by atoms with E-state index in [4.69, 9.17) is 11.2 Å². The summed E-state index contributed by atoms with van der Waals surface area (Å²) in [5.74, 6) is 2.76. The monoisotopic (exact) mass is 469 g/mol. The molecular formula is C27H27N5O3. The molecule has 2 fully saturated rings. The van der Waals surface area contributed by atoms with E-state index >= 15 is 0 Å². The van der Waals surface area contributed by atoms with E-state index in [-0.39, 0.29) is 24.0 Å². The molecule has 2 aromatic carbocycles. The van der Waals surface area contributed by atoms with Crippen LogP contribution in [-0.2, 0) is 4.79 Å². The second kappa shape index (κ2) is 9.63. The van der Waals surface area contributed by atoms with E-state index in [1.54, 1.807) is 19.4 Å². The van der Waals surface area contributed by atoms with Crippen LogP contribution in [0, 0.1) is 12.3 Å². The highest BCUT2D eigenvalue weighted by Crippen LogP contribution is 2.30. The maximum absolute atomic E-state index is 12.6. The molecule has 8 nitrogen and oxygen atoms in total. The lowest BCUT2D eigenvalue weighted by atomic mass is 10.0. The van der Waals surface area contributed by atoms with E-state index in [1.807, 2.05) is 30.3 Å². The van der Waals surface area contributed by atoms with Crippen molar-refractivity contribution in [2.75, 3.05) is 12.4 Å². The summed E-state index contributed by atoms with van der Waals surface area (Å²) in [5, 5.41) is 10.1. The number of methoxy groups -OCH3 is 1. The van der Waals surface area contributed by atoms with Gasteiger partial charge in [0.05, 0.1) is 12.6 Å². The van der Waals surface area contributed by atoms with Crippen molar-refractivity contribution in [1.82, 2.24) is 20.6 Å². The van der Waals surface area contributed by atoms with E-state index in [1.165, 1.54) is 0 Å². The second-order valence-electron chi connectivity index (χ2n) is 9.07. The van der Waals surface area contributed by atoms with Crippen molar-refractivity contribution in [3.05, 3.63) is 48.2 Å². The Kier molecular flexibility index (Phi) is 6.23. The minimum absolute atomic E-state index is 0.0287. The topological polar surface area (TPSA) is 105 Å². The van der Waals surface area contributed by atoms with Crippen LogP contribution in [0.25, 0.3) is 22.0 Å². The van der Waals surface area contributed by atoms with Crippen molar-refractivity contribution < 1.29 is 14.3 Å². The average molecular weight is 470 g/mol. The molecule has 0 aliphatic heterocycles. The first-order chi connectivity index (χ1) is 17.0. The number of carbonyl (C=O) groups excluding carboxylic acids is 2. The molecule has 1 heterocycles. The fourth-order valence-corrected chi connectivity index (χ4v) is 4.48. The zero-order valence-corrected chi connectivity index (χ0v) is 19.5. The van der Waals surface area contributed by atoms with Crippen LogP contribution in [0.15, 0.2) is 42.6 Å². The number of terminal acetylenes is 1. The molecule has 2 amide bonds. The summed E-state index contributed by atoms with van der Waals surface area (Å²) in [6.45, 7) is 0. The largest absolute Gasteiger partial charge is 0.497 e. The van der Waals surface area contributed by atoms with E-state index in [0.29, 0.717) is 17.3 Å². The minimum Gasteiger partial charge on any atom is -0.497 e. The van der Waals surface area contributed by atoms with Crippen molar-refractivity contribution >= 4 is 28.7 Å². The van der Waals surface area contributed by atoms with E-state index in [0.717, 1.165) is 54.1 Å². The van der Waals surface area contributed by atoms with Crippen molar-refractivity contribution in [2.45, 2.75) is 50.2 Å². The number of nitrogens with zero attached hydrogens (tertiary/aromatic N) is 2. The zero-order chi connectivity index (χ0) is 24.4. The Morgan fingerprint density at radius 2 is 1.86 bits per heavy atom. The molecule has 0 spiro atoms. The first-order valence-electron chi connectivity index (χ1n) is 11.8. The third-order valence-corrected chi connectivity index (χ3v) is 6.51. The van der Waals surface area contributed by atoms with Crippen molar-refractivity contribution in [2.24, 2.45) is 0 Å². The van der Waals surface area contributed by atoms with Gasteiger partial charge in [-0.3, -0.25) is 9.59 Å². The number of ether oxygens (including phenoxy) is 1. The molecule has 3 aromatic rings. The molecule has 2 aliphatic rings. The first-order valence-corrected chi connectivity index (χ1v) is 11.8. The molecule has 178 valence electrons. The Morgan fingerprint density at radius 3 is 2.63 bits per heavy atom. The van der Waals surface area contributed by atoms with Crippen molar-refractivity contribution in [3.63, 3.8) is 0 Å². The zero-order valence-electron chi connectivity index (χ0n) is 19.5. The van der Waals surface area contributed by atoms with Gasteiger partial charge in [-0.1, -0.05) is 6.07 Å². The molecule has 3 N–H and O–H groups in total. The van der Waals surface area contributed by atoms with Crippen LogP contribution in [0.2, 0.25) is 0 Å². The molecular weight excluding hydrogens is 442 g/mol. The number of carbonyl (C=O) groups is 2. The number of nitrogens with one attached hydrogen (secondary N) is 3. The number of fused-ring (bicyclic) bond motifs is 1. The normalized spacial score (nSPS) is 19.1. The van der Waals surface area contributed by atoms with E-state index in [2.05, 4.69) is 31.8 Å². The smallest absolute Gasteiger partial charge is 0.295 e. The van der Waals surface area contributed by atoms with Crippen LogP contribution in [0.1, 0.15) is 42.5 Å². The van der Waals surface area contributed by atoms with Gasteiger partial charge in [0.25, 0.3) is 11.8 Å². The second-order valence-corrected chi connectivity index (χ2v) is 9.07. The summed E-state index contributed by atoms with van der Waals surface area (Å²) in [4.78, 5) is 33.4. The Labute approximate surface area is 203 Å². The molecule has 2 aliphatic carbocycles. The number of rotatable bonds is 7. The first kappa shape index (κ1) is 22.7. The number of hydrogen-bond donors (Lipinski definition) is 3. The van der Waals surface area contributed by atoms with Gasteiger partial charge >= 0.3 is 0 Å². The van der Waals surface area contributed by atoms with Crippen molar-refractivity contribution in [3.8, 4) is 29.2 Å². The van der Waals surface area contributed by atoms with Crippen LogP contribution >= 0.6 is 0 Å². The van der Waals surface area contributed by atoms with Crippen LogP contribution in [0.4, 0.5) is 5.95 Å². The van der Waals surface area contributed by atoms with Crippen molar-refractivity contribution in [1.29, 1.82) is 0 Å². The van der Waals surface area contributed by atoms with E-state index in [9.17, 15) is 9.59 Å². The van der Waals surface area contributed by atoms with Gasteiger partial charge < -0.3 is 20.7 Å². The molecule has 8 heteroatoms. The molecule has 0 radical (unpaired) electrons. The quantitative estimate of drug-likeness (QED) is 0.459. The summed E-state index contributed by atoms with van der Waals surface area (Å²) in [7, 11) is 1.59. The third-order valence-electron chi connectivity index (χ3n) is 6.51. The fraction of sp³-hybridized carbons (Fsp3) is 0.333. The Bertz CT molecular complexity index is 1330. The Morgan fingerprint density at radius 1 is 1.03 bits per heavy atom. The third kappa shape index (κ3) is 5.19. The van der Waals surface area contributed by atoms with Gasteiger partial charge in [-0.25, -0.2) is 9.97 Å². The fourth-order valence-electron chi connectivity index (χ4n) is 4.48. The number of anilines is 1. The number of amides is 2. The SMILES string of the molecule is C#CC(=O)NC1CCCC1Nc1ncc2cc(-c3cc(OC)cc(C(=O)NC4CC4)c3)ccc2n1. The Hall–Kier alpha value is -4.12. The minimum atomic E-state index is -0.402. The van der Waals surface area contributed by atoms with Gasteiger partial charge in [-0.2, -0.15) is 0 Å². The van der Waals surface area contributed by atoms with Gasteiger partial charge in [0.2, 0.25) is 5.95 Å². The summed E-state index contributed by atoms with van der Waals surface area (Å²) in [5.41, 5.74) is 3.19. The average Bonchev–Trinajstić information content (AvgIpc) is 3.60. The molecule has 0 saturated heterocycles. The lowest BCUT2D eigenvalue weighted by Crippen LogP contribution is -2.43. The van der Waals surface area contributed by atoms with Gasteiger partial charge in [0, 0.05) is 35.3 Å². The molecule has 2 atom stereocenters. The van der Waals surface area contributed by atoms with Gasteiger partial charge in [0.15, 0.2) is 0 Å². The lowest BCUT2D eigenvalue weighted by molar-refractivity contribution is -0.116. The number of hydrogen-bond acceptors (Lipinski definition) is 6. The van der Waals surface area contributed by atoms with Gasteiger partial charge in [-0.05, 0) is 79.5 Å². The summed E-state index contributed by atoms with van der Waals surface area (Å²) in [6.07, 6.45) is 11.8. The summed E-state index contributed by atoms with van der Waals surface area (Å²) >= 11 is 0. The molecule has 2 unspecified atom stereocenters. The van der Waals surface area contributed by atoms with Crippen LogP contribution < -0.4 is 20.7 Å². The van der Waals surface area contributed by atoms with Gasteiger partial charge in [0.1, 0.15) is 5.75 Å². The maximum Gasteiger partial charge on any atom is 0.295 e. The summed E-state index contributed by atoms with van der Waals surface area (Å²) < 4.78 is 5.44. The lowest BCUT2D eigenvalue weighted by Gasteiger charge is -2.21. The highest BCUT2D eigenvalue weighted by Gasteiger charge is 2.29. The molecule has 1 aromatic heterocycles. The maximum atomic E-state index is 12.6. The van der Waals surface area contributed by atoms with Crippen LogP contribution in [0.3, 0.4) is 0 Å². The Balaban J connectivity index is 1.37. The predicted molar refractivity (Wildman–Crippen MR) is 134 cm³/mol. The van der Waals surface area contributed by atoms with Crippen LogP contribution in [-0.4, -0.2) is 47.0 Å². The standard InChI is InChI=1S/C27H27N5O3/c1-3-25(33)30-23-5-4-6-24(23)32-27-28-15-19-11-16(7-10-22(19)31-27)17-12-18(14-21(13-17)35-2)26(34)29-20-8-9-20/h1,7,10-15,20,23-24H,4-6,8-9H2,2H3,(H,29,34)(H,30,33)(H,28,31,32). The van der Waals surface area contributed by atoms with Crippen LogP contribution in [0.5, 0.6) is 5.75 Å². The number of benzene rings is 2. The molecule has 0 bridgehead atoms.